The number of rotatable bonds is 9. The van der Waals surface area contributed by atoms with E-state index in [1.807, 2.05) is 59.3 Å². The fourth-order valence-corrected chi connectivity index (χ4v) is 6.34. The Balaban J connectivity index is 1.18. The molecule has 13 heteroatoms. The summed E-state index contributed by atoms with van der Waals surface area (Å²) in [5.41, 5.74) is 6.13. The Labute approximate surface area is 275 Å². The quantitative estimate of drug-likeness (QED) is 0.231. The third kappa shape index (κ3) is 5.58. The number of carbonyl (C=O) groups excluding carboxylic acids is 1. The summed E-state index contributed by atoms with van der Waals surface area (Å²) in [5, 5.41) is 7.59. The summed E-state index contributed by atoms with van der Waals surface area (Å²) in [5.74, 6) is 0.399. The van der Waals surface area contributed by atoms with Gasteiger partial charge in [0, 0.05) is 55.6 Å². The van der Waals surface area contributed by atoms with E-state index in [0.29, 0.717) is 66.8 Å². The number of aromatic nitrogens is 4. The Kier molecular flexibility index (Phi) is 7.64. The van der Waals surface area contributed by atoms with Crippen molar-refractivity contribution in [2.45, 2.75) is 37.9 Å². The van der Waals surface area contributed by atoms with Gasteiger partial charge in [0.15, 0.2) is 23.4 Å². The smallest absolute Gasteiger partial charge is 0.271 e. The van der Waals surface area contributed by atoms with Crippen LogP contribution in [-0.4, -0.2) is 71.6 Å². The molecular formula is C35H33F2N7O4. The van der Waals surface area contributed by atoms with Gasteiger partial charge in [-0.1, -0.05) is 18.2 Å². The maximum absolute atomic E-state index is 15.3. The normalized spacial score (nSPS) is 18.7. The maximum Gasteiger partial charge on any atom is 0.271 e. The van der Waals surface area contributed by atoms with Crippen molar-refractivity contribution in [3.05, 3.63) is 95.2 Å². The number of alkyl halides is 1. The number of fused-ring (bicyclic) bond motifs is 2. The number of methoxy groups -OCH3 is 1. The zero-order chi connectivity index (χ0) is 32.9. The number of benzene rings is 2. The van der Waals surface area contributed by atoms with Crippen LogP contribution in [0.2, 0.25) is 0 Å². The number of imidazole rings is 1. The van der Waals surface area contributed by atoms with Crippen LogP contribution >= 0.6 is 0 Å². The molecule has 1 aliphatic carbocycles. The maximum atomic E-state index is 15.3. The van der Waals surface area contributed by atoms with Gasteiger partial charge in [-0.3, -0.25) is 9.78 Å². The van der Waals surface area contributed by atoms with Gasteiger partial charge in [-0.25, -0.2) is 18.3 Å². The Morgan fingerprint density at radius 1 is 1.08 bits per heavy atom. The van der Waals surface area contributed by atoms with Crippen molar-refractivity contribution < 1.29 is 27.8 Å². The van der Waals surface area contributed by atoms with E-state index in [9.17, 15) is 9.18 Å². The monoisotopic (exact) mass is 653 g/mol. The Bertz CT molecular complexity index is 2000. The summed E-state index contributed by atoms with van der Waals surface area (Å²) in [7, 11) is 3.56. The van der Waals surface area contributed by atoms with Crippen molar-refractivity contribution in [3.8, 4) is 17.0 Å². The van der Waals surface area contributed by atoms with E-state index in [4.69, 9.17) is 19.3 Å². The first kappa shape index (κ1) is 30.2. The van der Waals surface area contributed by atoms with Gasteiger partial charge in [0.25, 0.3) is 5.91 Å². The molecule has 1 amide bonds. The standard InChI is InChI=1S/C35H33F2N7O4/c1-42(19-20-3-6-23(46-2)7-4-20)30-16-32(41-44-31(18-39-33(30)44)34(45)40-28-15-26(28)37)43-10-9-24-25(13-22(36)14-29(24)43)27-8-5-21(17-38-27)35-47-11-12-48-35/h3-8,13-14,16-18,26,28,35H,9-12,15,19H2,1-2H3,(H,40,45)/t26-,28+/m0/s1. The third-order valence-corrected chi connectivity index (χ3v) is 8.99. The summed E-state index contributed by atoms with van der Waals surface area (Å²) >= 11 is 0. The molecule has 5 heterocycles. The highest BCUT2D eigenvalue weighted by Crippen LogP contribution is 2.41. The number of anilines is 3. The highest BCUT2D eigenvalue weighted by atomic mass is 19.1. The molecule has 0 spiro atoms. The van der Waals surface area contributed by atoms with Crippen LogP contribution < -0.4 is 19.9 Å². The van der Waals surface area contributed by atoms with Crippen LogP contribution in [0.5, 0.6) is 5.75 Å². The summed E-state index contributed by atoms with van der Waals surface area (Å²) in [4.78, 5) is 26.4. The first-order chi connectivity index (χ1) is 23.4. The number of carbonyl (C=O) groups is 1. The second-order valence-electron chi connectivity index (χ2n) is 12.2. The van der Waals surface area contributed by atoms with Crippen LogP contribution in [0.1, 0.15) is 39.9 Å². The molecular weight excluding hydrogens is 620 g/mol. The Morgan fingerprint density at radius 2 is 1.88 bits per heavy atom. The molecule has 246 valence electrons. The van der Waals surface area contributed by atoms with Crippen molar-refractivity contribution in [2.75, 3.05) is 43.7 Å². The molecule has 1 N–H and O–H groups in total. The molecule has 1 saturated heterocycles. The Morgan fingerprint density at radius 3 is 2.58 bits per heavy atom. The van der Waals surface area contributed by atoms with Crippen LogP contribution in [0.3, 0.4) is 0 Å². The topological polar surface area (TPSA) is 106 Å². The van der Waals surface area contributed by atoms with Crippen LogP contribution in [0.4, 0.5) is 26.0 Å². The highest BCUT2D eigenvalue weighted by molar-refractivity contribution is 5.94. The second kappa shape index (κ2) is 12.1. The van der Waals surface area contributed by atoms with E-state index in [1.165, 1.54) is 22.8 Å². The van der Waals surface area contributed by atoms with Gasteiger partial charge in [0.05, 0.1) is 43.9 Å². The minimum Gasteiger partial charge on any atom is -0.497 e. The average Bonchev–Trinajstić information content (AvgIpc) is 3.56. The SMILES string of the molecule is COc1ccc(CN(C)c2cc(N3CCc4c(-c5ccc(C6OCCO6)cn5)cc(F)cc43)nn3c(C(=O)N[C@@H]4C[C@@H]4F)cnc23)cc1. The highest BCUT2D eigenvalue weighted by Gasteiger charge is 2.39. The molecule has 1 saturated carbocycles. The molecule has 2 fully saturated rings. The summed E-state index contributed by atoms with van der Waals surface area (Å²) in [6, 6.07) is 15.9. The van der Waals surface area contributed by atoms with Gasteiger partial charge in [-0.05, 0) is 47.9 Å². The van der Waals surface area contributed by atoms with E-state index in [1.54, 1.807) is 13.3 Å². The van der Waals surface area contributed by atoms with E-state index >= 15 is 4.39 Å². The number of pyridine rings is 1. The lowest BCUT2D eigenvalue weighted by Gasteiger charge is -2.24. The second-order valence-corrected chi connectivity index (χ2v) is 12.2. The summed E-state index contributed by atoms with van der Waals surface area (Å²) in [6.07, 6.45) is 2.56. The summed E-state index contributed by atoms with van der Waals surface area (Å²) in [6.45, 7) is 2.11. The van der Waals surface area contributed by atoms with Crippen LogP contribution in [0.15, 0.2) is 67.0 Å². The molecule has 0 radical (unpaired) electrons. The van der Waals surface area contributed by atoms with Gasteiger partial charge < -0.3 is 29.3 Å². The number of halogens is 2. The lowest BCUT2D eigenvalue weighted by Crippen LogP contribution is -2.29. The lowest BCUT2D eigenvalue weighted by atomic mass is 10.0. The predicted molar refractivity (Wildman–Crippen MR) is 174 cm³/mol. The van der Waals surface area contributed by atoms with Crippen molar-refractivity contribution in [3.63, 3.8) is 0 Å². The molecule has 0 unspecified atom stereocenters. The first-order valence-electron chi connectivity index (χ1n) is 15.8. The van der Waals surface area contributed by atoms with Gasteiger partial charge in [-0.15, -0.1) is 5.10 Å². The van der Waals surface area contributed by atoms with E-state index in [-0.39, 0.29) is 12.1 Å². The molecule has 2 atom stereocenters. The zero-order valence-electron chi connectivity index (χ0n) is 26.4. The summed E-state index contributed by atoms with van der Waals surface area (Å²) < 4.78 is 47.0. The fourth-order valence-electron chi connectivity index (χ4n) is 6.34. The molecule has 2 aliphatic heterocycles. The number of nitrogens with one attached hydrogen (secondary N) is 1. The van der Waals surface area contributed by atoms with E-state index < -0.39 is 30.2 Å². The van der Waals surface area contributed by atoms with Crippen molar-refractivity contribution in [1.82, 2.24) is 24.9 Å². The molecule has 48 heavy (non-hydrogen) atoms. The number of hydrogen-bond donors (Lipinski definition) is 1. The molecule has 3 aliphatic rings. The molecule has 5 aromatic rings. The van der Waals surface area contributed by atoms with Crippen LogP contribution in [0, 0.1) is 5.82 Å². The van der Waals surface area contributed by atoms with Crippen molar-refractivity contribution in [1.29, 1.82) is 0 Å². The number of ether oxygens (including phenoxy) is 3. The van der Waals surface area contributed by atoms with E-state index in [0.717, 1.165) is 22.4 Å². The molecule has 8 rings (SSSR count). The van der Waals surface area contributed by atoms with E-state index in [2.05, 4.69) is 15.3 Å². The number of hydrogen-bond acceptors (Lipinski definition) is 9. The van der Waals surface area contributed by atoms with Gasteiger partial charge in [0.1, 0.15) is 17.7 Å². The fraction of sp³-hybridized carbons (Fsp3) is 0.314. The van der Waals surface area contributed by atoms with Crippen LogP contribution in [0.25, 0.3) is 16.9 Å². The molecule has 2 aromatic carbocycles. The van der Waals surface area contributed by atoms with Crippen molar-refractivity contribution >= 4 is 28.7 Å². The predicted octanol–water partition coefficient (Wildman–Crippen LogP) is 5.16. The van der Waals surface area contributed by atoms with Gasteiger partial charge in [-0.2, -0.15) is 0 Å². The lowest BCUT2D eigenvalue weighted by molar-refractivity contribution is -0.0443. The molecule has 3 aromatic heterocycles. The minimum absolute atomic E-state index is 0.184. The minimum atomic E-state index is -1.05. The molecule has 0 bridgehead atoms. The average molecular weight is 654 g/mol. The van der Waals surface area contributed by atoms with Crippen LogP contribution in [-0.2, 0) is 22.4 Å². The van der Waals surface area contributed by atoms with Crippen molar-refractivity contribution in [2.24, 2.45) is 0 Å². The Hall–Kier alpha value is -5.14. The number of nitrogens with zero attached hydrogens (tertiary/aromatic N) is 6. The first-order valence-corrected chi connectivity index (χ1v) is 15.8. The zero-order valence-corrected chi connectivity index (χ0v) is 26.4. The largest absolute Gasteiger partial charge is 0.497 e. The number of amides is 1. The third-order valence-electron chi connectivity index (χ3n) is 8.99. The van der Waals surface area contributed by atoms with Gasteiger partial charge >= 0.3 is 0 Å². The molecule has 11 nitrogen and oxygen atoms in total. The van der Waals surface area contributed by atoms with Gasteiger partial charge in [0.2, 0.25) is 0 Å².